The van der Waals surface area contributed by atoms with E-state index in [4.69, 9.17) is 5.73 Å². The molecule has 1 atom stereocenters. The van der Waals surface area contributed by atoms with E-state index in [0.29, 0.717) is 12.2 Å². The molecule has 0 spiro atoms. The fourth-order valence-electron chi connectivity index (χ4n) is 2.91. The number of piperidine rings is 1. The summed E-state index contributed by atoms with van der Waals surface area (Å²) in [4.78, 5) is 29.6. The molecule has 0 saturated carbocycles. The molecule has 2 amide bonds. The molecule has 0 bridgehead atoms. The Morgan fingerprint density at radius 1 is 1.35 bits per heavy atom. The summed E-state index contributed by atoms with van der Waals surface area (Å²) in [5, 5.41) is 4.11. The molecule has 3 rings (SSSR count). The third-order valence-electron chi connectivity index (χ3n) is 4.38. The van der Waals surface area contributed by atoms with Gasteiger partial charge in [-0.2, -0.15) is 0 Å². The average Bonchev–Trinajstić information content (AvgIpc) is 3.15. The molecule has 8 heteroatoms. The summed E-state index contributed by atoms with van der Waals surface area (Å²) in [5.74, 6) is -0.626. The maximum Gasteiger partial charge on any atom is 0.288 e. The summed E-state index contributed by atoms with van der Waals surface area (Å²) >= 11 is 0. The van der Waals surface area contributed by atoms with E-state index >= 15 is 0 Å². The normalized spacial score (nSPS) is 18.2. The zero-order valence-electron chi connectivity index (χ0n) is 13.3. The molecule has 1 aliphatic heterocycles. The molecule has 0 unspecified atom stereocenters. The van der Waals surface area contributed by atoms with Crippen molar-refractivity contribution in [3.63, 3.8) is 0 Å². The van der Waals surface area contributed by atoms with Crippen molar-refractivity contribution >= 4 is 11.8 Å². The Labute approximate surface area is 133 Å². The molecule has 1 fully saturated rings. The molecule has 1 saturated heterocycles. The summed E-state index contributed by atoms with van der Waals surface area (Å²) in [7, 11) is 1.89. The molecular weight excluding hydrogens is 296 g/mol. The van der Waals surface area contributed by atoms with Crippen LogP contribution in [0.15, 0.2) is 18.5 Å². The van der Waals surface area contributed by atoms with Crippen LogP contribution in [0.1, 0.15) is 45.7 Å². The number of carbonyl (C=O) groups is 2. The largest absolute Gasteiger partial charge is 0.363 e. The quantitative estimate of drug-likeness (QED) is 0.891. The third-order valence-corrected chi connectivity index (χ3v) is 4.38. The van der Waals surface area contributed by atoms with Gasteiger partial charge in [-0.25, -0.2) is 9.67 Å². The highest BCUT2D eigenvalue weighted by Crippen LogP contribution is 2.22. The maximum absolute atomic E-state index is 12.7. The minimum absolute atomic E-state index is 0.00603. The van der Waals surface area contributed by atoms with Gasteiger partial charge in [0.2, 0.25) is 5.82 Å². The first kappa shape index (κ1) is 15.3. The molecule has 122 valence electrons. The number of nitrogens with two attached hydrogens (primary N) is 1. The van der Waals surface area contributed by atoms with Crippen molar-refractivity contribution in [1.82, 2.24) is 24.2 Å². The minimum Gasteiger partial charge on any atom is -0.363 e. The van der Waals surface area contributed by atoms with Crippen LogP contribution >= 0.6 is 0 Å². The number of rotatable bonds is 3. The number of aryl methyl sites for hydroxylation is 1. The van der Waals surface area contributed by atoms with Gasteiger partial charge in [0.1, 0.15) is 12.0 Å². The van der Waals surface area contributed by atoms with Crippen LogP contribution in [0, 0.1) is 6.92 Å². The van der Waals surface area contributed by atoms with Crippen LogP contribution in [0.3, 0.4) is 0 Å². The van der Waals surface area contributed by atoms with Gasteiger partial charge in [0.15, 0.2) is 0 Å². The van der Waals surface area contributed by atoms with Crippen LogP contribution in [0.4, 0.5) is 0 Å². The van der Waals surface area contributed by atoms with Gasteiger partial charge in [-0.05, 0) is 31.9 Å². The Bertz CT molecular complexity index is 747. The number of nitrogens with zero attached hydrogens (tertiary/aromatic N) is 5. The highest BCUT2D eigenvalue weighted by atomic mass is 16.2. The van der Waals surface area contributed by atoms with Gasteiger partial charge in [0, 0.05) is 25.8 Å². The predicted octanol–water partition coefficient (Wildman–Crippen LogP) is 0.501. The standard InChI is InChI=1S/C15H20N6O2/c1-10-5-6-12(19(10)2)15(23)20-7-3-4-11(8-20)21-9-17-14(18-21)13(16)22/h5-6,9,11H,3-4,7-8H2,1-2H3,(H2,16,22)/t11-/m1/s1. The lowest BCUT2D eigenvalue weighted by Gasteiger charge is -2.32. The molecule has 2 N–H and O–H groups in total. The molecule has 2 aromatic heterocycles. The summed E-state index contributed by atoms with van der Waals surface area (Å²) in [6.07, 6.45) is 3.27. The summed E-state index contributed by atoms with van der Waals surface area (Å²) in [6.45, 7) is 3.23. The Morgan fingerprint density at radius 2 is 2.13 bits per heavy atom. The lowest BCUT2D eigenvalue weighted by Crippen LogP contribution is -2.41. The van der Waals surface area contributed by atoms with E-state index in [2.05, 4.69) is 10.1 Å². The molecule has 23 heavy (non-hydrogen) atoms. The molecule has 2 aromatic rings. The van der Waals surface area contributed by atoms with Gasteiger partial charge < -0.3 is 15.2 Å². The van der Waals surface area contributed by atoms with E-state index in [-0.39, 0.29) is 17.8 Å². The van der Waals surface area contributed by atoms with Crippen molar-refractivity contribution < 1.29 is 9.59 Å². The van der Waals surface area contributed by atoms with E-state index in [1.54, 1.807) is 4.68 Å². The summed E-state index contributed by atoms with van der Waals surface area (Å²) in [5.41, 5.74) is 6.91. The minimum atomic E-state index is -0.647. The van der Waals surface area contributed by atoms with E-state index in [0.717, 1.165) is 25.1 Å². The zero-order valence-corrected chi connectivity index (χ0v) is 13.3. The number of amides is 2. The van der Waals surface area contributed by atoms with Crippen molar-refractivity contribution in [2.45, 2.75) is 25.8 Å². The fourth-order valence-corrected chi connectivity index (χ4v) is 2.91. The highest BCUT2D eigenvalue weighted by Gasteiger charge is 2.27. The van der Waals surface area contributed by atoms with Crippen LogP contribution in [-0.2, 0) is 7.05 Å². The van der Waals surface area contributed by atoms with Crippen LogP contribution < -0.4 is 5.73 Å². The number of hydrogen-bond acceptors (Lipinski definition) is 4. The van der Waals surface area contributed by atoms with Crippen LogP contribution in [0.2, 0.25) is 0 Å². The van der Waals surface area contributed by atoms with E-state index in [1.807, 2.05) is 35.6 Å². The van der Waals surface area contributed by atoms with Gasteiger partial charge in [0.25, 0.3) is 11.8 Å². The van der Waals surface area contributed by atoms with Crippen molar-refractivity contribution in [1.29, 1.82) is 0 Å². The Balaban J connectivity index is 1.76. The van der Waals surface area contributed by atoms with Crippen molar-refractivity contribution in [2.75, 3.05) is 13.1 Å². The monoisotopic (exact) mass is 316 g/mol. The smallest absolute Gasteiger partial charge is 0.288 e. The van der Waals surface area contributed by atoms with E-state index < -0.39 is 5.91 Å². The molecule has 1 aliphatic rings. The summed E-state index contributed by atoms with van der Waals surface area (Å²) in [6, 6.07) is 3.79. The first-order chi connectivity index (χ1) is 11.0. The first-order valence-electron chi connectivity index (χ1n) is 7.60. The maximum atomic E-state index is 12.7. The van der Waals surface area contributed by atoms with Crippen LogP contribution in [0.5, 0.6) is 0 Å². The SMILES string of the molecule is Cc1ccc(C(=O)N2CCC[C@@H](n3cnc(C(N)=O)n3)C2)n1C. The number of primary amides is 1. The molecular formula is C15H20N6O2. The van der Waals surface area contributed by atoms with E-state index in [9.17, 15) is 9.59 Å². The number of hydrogen-bond donors (Lipinski definition) is 1. The van der Waals surface area contributed by atoms with Gasteiger partial charge in [-0.15, -0.1) is 5.10 Å². The second-order valence-electron chi connectivity index (χ2n) is 5.88. The topological polar surface area (TPSA) is 99.0 Å². The van der Waals surface area contributed by atoms with Crippen LogP contribution in [-0.4, -0.2) is 49.1 Å². The van der Waals surface area contributed by atoms with Gasteiger partial charge in [-0.1, -0.05) is 0 Å². The first-order valence-corrected chi connectivity index (χ1v) is 7.60. The van der Waals surface area contributed by atoms with Crippen molar-refractivity contribution in [3.8, 4) is 0 Å². The number of carbonyl (C=O) groups excluding carboxylic acids is 2. The van der Waals surface area contributed by atoms with Crippen molar-refractivity contribution in [3.05, 3.63) is 35.7 Å². The van der Waals surface area contributed by atoms with Crippen LogP contribution in [0.25, 0.3) is 0 Å². The highest BCUT2D eigenvalue weighted by molar-refractivity contribution is 5.93. The lowest BCUT2D eigenvalue weighted by molar-refractivity contribution is 0.0662. The van der Waals surface area contributed by atoms with E-state index in [1.165, 1.54) is 6.33 Å². The predicted molar refractivity (Wildman–Crippen MR) is 82.9 cm³/mol. The molecule has 0 radical (unpaired) electrons. The molecule has 0 aromatic carbocycles. The Kier molecular flexibility index (Phi) is 3.89. The van der Waals surface area contributed by atoms with Gasteiger partial charge in [-0.3, -0.25) is 9.59 Å². The third kappa shape index (κ3) is 2.84. The fraction of sp³-hybridized carbons (Fsp3) is 0.467. The van der Waals surface area contributed by atoms with Crippen molar-refractivity contribution in [2.24, 2.45) is 12.8 Å². The summed E-state index contributed by atoms with van der Waals surface area (Å²) < 4.78 is 3.53. The molecule has 8 nitrogen and oxygen atoms in total. The molecule has 3 heterocycles. The Hall–Kier alpha value is -2.64. The Morgan fingerprint density at radius 3 is 2.74 bits per heavy atom. The number of aromatic nitrogens is 4. The second-order valence-corrected chi connectivity index (χ2v) is 5.88. The average molecular weight is 316 g/mol. The molecule has 0 aliphatic carbocycles. The van der Waals surface area contributed by atoms with Gasteiger partial charge >= 0.3 is 0 Å². The lowest BCUT2D eigenvalue weighted by atomic mass is 10.1. The number of likely N-dealkylation sites (tertiary alicyclic amines) is 1. The second kappa shape index (κ2) is 5.86. The van der Waals surface area contributed by atoms with Gasteiger partial charge in [0.05, 0.1) is 6.04 Å². The zero-order chi connectivity index (χ0) is 16.6.